The molecule has 0 fully saturated rings. The second-order valence-corrected chi connectivity index (χ2v) is 5.75. The van der Waals surface area contributed by atoms with Crippen LogP contribution in [0, 0.1) is 0 Å². The van der Waals surface area contributed by atoms with E-state index in [-0.39, 0.29) is 11.7 Å². The normalized spacial score (nSPS) is 11.7. The van der Waals surface area contributed by atoms with Crippen LogP contribution >= 0.6 is 0 Å². The summed E-state index contributed by atoms with van der Waals surface area (Å²) in [6, 6.07) is 0. The zero-order valence-corrected chi connectivity index (χ0v) is 10.3. The van der Waals surface area contributed by atoms with Crippen molar-refractivity contribution in [1.82, 2.24) is 4.90 Å². The average Bonchev–Trinajstić information content (AvgIpc) is 2.11. The van der Waals surface area contributed by atoms with Crippen molar-refractivity contribution in [2.75, 3.05) is 38.8 Å². The van der Waals surface area contributed by atoms with Gasteiger partial charge in [0.2, 0.25) is 0 Å². The topological polar surface area (TPSA) is 63.7 Å². The van der Waals surface area contributed by atoms with Crippen molar-refractivity contribution in [3.8, 4) is 0 Å². The highest BCUT2D eigenvalue weighted by atomic mass is 32.2. The molecule has 0 aromatic heterocycles. The molecule has 0 aliphatic heterocycles. The molecule has 0 heterocycles. The molecular formula is C9H19NO4S. The van der Waals surface area contributed by atoms with E-state index in [1.807, 2.05) is 0 Å². The largest absolute Gasteiger partial charge is 0.466 e. The SMILES string of the molecule is CCOC(=O)CCN(C)CCS(C)(=O)=O. The molecule has 0 atom stereocenters. The predicted molar refractivity (Wildman–Crippen MR) is 58.5 cm³/mol. The van der Waals surface area contributed by atoms with Crippen LogP contribution in [0.4, 0.5) is 0 Å². The summed E-state index contributed by atoms with van der Waals surface area (Å²) >= 11 is 0. The summed E-state index contributed by atoms with van der Waals surface area (Å²) in [5, 5.41) is 0. The second kappa shape index (κ2) is 6.79. The zero-order valence-electron chi connectivity index (χ0n) is 9.52. The number of hydrogen-bond acceptors (Lipinski definition) is 5. The van der Waals surface area contributed by atoms with E-state index in [1.165, 1.54) is 6.26 Å². The smallest absolute Gasteiger partial charge is 0.307 e. The van der Waals surface area contributed by atoms with Gasteiger partial charge in [-0.2, -0.15) is 0 Å². The summed E-state index contributed by atoms with van der Waals surface area (Å²) in [6.45, 7) is 3.10. The minimum Gasteiger partial charge on any atom is -0.466 e. The highest BCUT2D eigenvalue weighted by Gasteiger charge is 2.07. The van der Waals surface area contributed by atoms with Crippen LogP contribution in [-0.2, 0) is 19.4 Å². The van der Waals surface area contributed by atoms with E-state index in [2.05, 4.69) is 0 Å². The Morgan fingerprint density at radius 3 is 2.40 bits per heavy atom. The number of nitrogens with zero attached hydrogens (tertiary/aromatic N) is 1. The molecule has 0 N–H and O–H groups in total. The van der Waals surface area contributed by atoms with Gasteiger partial charge in [-0.05, 0) is 14.0 Å². The minimum atomic E-state index is -2.93. The van der Waals surface area contributed by atoms with Crippen LogP contribution in [0.3, 0.4) is 0 Å². The van der Waals surface area contributed by atoms with Crippen LogP contribution < -0.4 is 0 Å². The molecule has 0 bridgehead atoms. The first-order valence-corrected chi connectivity index (χ1v) is 6.93. The first-order chi connectivity index (χ1) is 6.85. The standard InChI is InChI=1S/C9H19NO4S/c1-4-14-9(11)5-6-10(2)7-8-15(3,12)13/h4-8H2,1-3H3. The van der Waals surface area contributed by atoms with Crippen molar-refractivity contribution in [2.45, 2.75) is 13.3 Å². The quantitative estimate of drug-likeness (QED) is 0.579. The van der Waals surface area contributed by atoms with Crippen molar-refractivity contribution in [3.05, 3.63) is 0 Å². The Bertz CT molecular complexity index is 286. The Kier molecular flexibility index (Phi) is 6.51. The van der Waals surface area contributed by atoms with Crippen LogP contribution in [0.5, 0.6) is 0 Å². The highest BCUT2D eigenvalue weighted by molar-refractivity contribution is 7.90. The molecule has 0 spiro atoms. The van der Waals surface area contributed by atoms with Gasteiger partial charge in [-0.15, -0.1) is 0 Å². The second-order valence-electron chi connectivity index (χ2n) is 3.49. The van der Waals surface area contributed by atoms with E-state index in [1.54, 1.807) is 18.9 Å². The van der Waals surface area contributed by atoms with Gasteiger partial charge in [0.15, 0.2) is 0 Å². The maximum absolute atomic E-state index is 11.0. The molecule has 0 aromatic rings. The summed E-state index contributed by atoms with van der Waals surface area (Å²) in [5.41, 5.74) is 0. The molecule has 90 valence electrons. The van der Waals surface area contributed by atoms with Gasteiger partial charge >= 0.3 is 5.97 Å². The Morgan fingerprint density at radius 2 is 1.93 bits per heavy atom. The third kappa shape index (κ3) is 9.68. The van der Waals surface area contributed by atoms with Gasteiger partial charge in [0.1, 0.15) is 9.84 Å². The number of esters is 1. The molecule has 0 rings (SSSR count). The van der Waals surface area contributed by atoms with E-state index in [4.69, 9.17) is 4.74 Å². The molecule has 5 nitrogen and oxygen atoms in total. The van der Waals surface area contributed by atoms with E-state index < -0.39 is 9.84 Å². The van der Waals surface area contributed by atoms with E-state index in [0.29, 0.717) is 26.1 Å². The van der Waals surface area contributed by atoms with Gasteiger partial charge in [-0.3, -0.25) is 4.79 Å². The van der Waals surface area contributed by atoms with E-state index in [0.717, 1.165) is 0 Å². The number of carbonyl (C=O) groups excluding carboxylic acids is 1. The number of ether oxygens (including phenoxy) is 1. The Morgan fingerprint density at radius 1 is 1.33 bits per heavy atom. The lowest BCUT2D eigenvalue weighted by Gasteiger charge is -2.14. The summed E-state index contributed by atoms with van der Waals surface area (Å²) in [5.74, 6) is -0.129. The van der Waals surface area contributed by atoms with Gasteiger partial charge < -0.3 is 9.64 Å². The Hall–Kier alpha value is -0.620. The highest BCUT2D eigenvalue weighted by Crippen LogP contribution is 1.92. The molecular weight excluding hydrogens is 218 g/mol. The van der Waals surface area contributed by atoms with Crippen molar-refractivity contribution < 1.29 is 17.9 Å². The zero-order chi connectivity index (χ0) is 11.9. The van der Waals surface area contributed by atoms with Crippen molar-refractivity contribution in [2.24, 2.45) is 0 Å². The van der Waals surface area contributed by atoms with Crippen molar-refractivity contribution in [3.63, 3.8) is 0 Å². The van der Waals surface area contributed by atoms with Crippen LogP contribution in [0.15, 0.2) is 0 Å². The number of sulfone groups is 1. The molecule has 0 saturated carbocycles. The first-order valence-electron chi connectivity index (χ1n) is 4.87. The van der Waals surface area contributed by atoms with Crippen LogP contribution in [0.1, 0.15) is 13.3 Å². The molecule has 6 heteroatoms. The molecule has 0 amide bonds. The Balaban J connectivity index is 3.66. The lowest BCUT2D eigenvalue weighted by atomic mass is 10.4. The fraction of sp³-hybridized carbons (Fsp3) is 0.889. The van der Waals surface area contributed by atoms with Gasteiger partial charge in [0.25, 0.3) is 0 Å². The maximum Gasteiger partial charge on any atom is 0.307 e. The van der Waals surface area contributed by atoms with Crippen molar-refractivity contribution >= 4 is 15.8 Å². The summed E-state index contributed by atoms with van der Waals surface area (Å²) in [6.07, 6.45) is 1.50. The van der Waals surface area contributed by atoms with Gasteiger partial charge in [0, 0.05) is 19.3 Å². The summed E-state index contributed by atoms with van der Waals surface area (Å²) in [7, 11) is -1.14. The fourth-order valence-corrected chi connectivity index (χ4v) is 1.59. The molecule has 0 radical (unpaired) electrons. The Labute approximate surface area is 91.3 Å². The van der Waals surface area contributed by atoms with Gasteiger partial charge in [-0.25, -0.2) is 8.42 Å². The maximum atomic E-state index is 11.0. The van der Waals surface area contributed by atoms with E-state index >= 15 is 0 Å². The summed E-state index contributed by atoms with van der Waals surface area (Å²) in [4.78, 5) is 12.8. The van der Waals surface area contributed by atoms with E-state index in [9.17, 15) is 13.2 Å². The van der Waals surface area contributed by atoms with Crippen LogP contribution in [-0.4, -0.2) is 58.0 Å². The number of rotatable bonds is 7. The predicted octanol–water partition coefficient (Wildman–Crippen LogP) is -0.0840. The molecule has 0 aliphatic rings. The average molecular weight is 237 g/mol. The molecule has 0 saturated heterocycles. The van der Waals surface area contributed by atoms with Crippen molar-refractivity contribution in [1.29, 1.82) is 0 Å². The minimum absolute atomic E-state index is 0.117. The molecule has 0 aromatic carbocycles. The lowest BCUT2D eigenvalue weighted by molar-refractivity contribution is -0.143. The van der Waals surface area contributed by atoms with Crippen LogP contribution in [0.25, 0.3) is 0 Å². The first kappa shape index (κ1) is 14.4. The van der Waals surface area contributed by atoms with Gasteiger partial charge in [-0.1, -0.05) is 0 Å². The molecule has 15 heavy (non-hydrogen) atoms. The summed E-state index contributed by atoms with van der Waals surface area (Å²) < 4.78 is 26.5. The molecule has 0 unspecified atom stereocenters. The third-order valence-corrected chi connectivity index (χ3v) is 2.77. The fourth-order valence-electron chi connectivity index (χ4n) is 0.949. The van der Waals surface area contributed by atoms with Crippen LogP contribution in [0.2, 0.25) is 0 Å². The van der Waals surface area contributed by atoms with Gasteiger partial charge in [0.05, 0.1) is 18.8 Å². The number of hydrogen-bond donors (Lipinski definition) is 0. The lowest BCUT2D eigenvalue weighted by Crippen LogP contribution is -2.27. The third-order valence-electron chi connectivity index (χ3n) is 1.85. The molecule has 0 aliphatic carbocycles. The number of carbonyl (C=O) groups is 1. The monoisotopic (exact) mass is 237 g/mol.